The number of hydrogen-bond acceptors (Lipinski definition) is 5. The molecule has 32 heavy (non-hydrogen) atoms. The van der Waals surface area contributed by atoms with E-state index < -0.39 is 10.0 Å². The number of hydrogen-bond donors (Lipinski definition) is 1. The number of fused-ring (bicyclic) bond motifs is 1. The summed E-state index contributed by atoms with van der Waals surface area (Å²) in [5.74, 6) is -0.291. The molecule has 0 saturated carbocycles. The Morgan fingerprint density at radius 3 is 2.62 bits per heavy atom. The summed E-state index contributed by atoms with van der Waals surface area (Å²) in [6.07, 6.45) is 5.94. The van der Waals surface area contributed by atoms with Crippen molar-refractivity contribution in [3.05, 3.63) is 53.9 Å². The third-order valence-corrected chi connectivity index (χ3v) is 8.10. The Morgan fingerprint density at radius 1 is 1.16 bits per heavy atom. The molecule has 2 aliphatic rings. The standard InChI is InChI=1S/C23H28N4O4S/c1-17(28)27-11-3-5-20-14-21(6-7-22(20)27)32(30,31)26-12-8-19(9-13-26)23(29)25-16-18-4-2-10-24-15-18/h2,4,6-7,10,14-15,19H,3,5,8-9,11-13,16H2,1H3,(H,25,29). The van der Waals surface area contributed by atoms with Gasteiger partial charge in [0, 0.05) is 57.1 Å². The van der Waals surface area contributed by atoms with Gasteiger partial charge >= 0.3 is 0 Å². The lowest BCUT2D eigenvalue weighted by atomic mass is 9.97. The number of aryl methyl sites for hydroxylation is 1. The lowest BCUT2D eigenvalue weighted by molar-refractivity contribution is -0.126. The summed E-state index contributed by atoms with van der Waals surface area (Å²) in [7, 11) is -3.65. The summed E-state index contributed by atoms with van der Waals surface area (Å²) in [6, 6.07) is 8.75. The number of piperidine rings is 1. The van der Waals surface area contributed by atoms with Crippen molar-refractivity contribution in [3.63, 3.8) is 0 Å². The lowest BCUT2D eigenvalue weighted by Gasteiger charge is -2.32. The van der Waals surface area contributed by atoms with Crippen LogP contribution in [0.5, 0.6) is 0 Å². The van der Waals surface area contributed by atoms with Crippen molar-refractivity contribution in [1.29, 1.82) is 0 Å². The number of carbonyl (C=O) groups is 2. The Bertz CT molecular complexity index is 1100. The highest BCUT2D eigenvalue weighted by Crippen LogP contribution is 2.31. The normalized spacial score (nSPS) is 17.6. The van der Waals surface area contributed by atoms with Crippen LogP contribution in [0, 0.1) is 5.92 Å². The first kappa shape index (κ1) is 22.4. The minimum atomic E-state index is -3.65. The Kier molecular flexibility index (Phi) is 6.57. The van der Waals surface area contributed by atoms with E-state index in [-0.39, 0.29) is 22.6 Å². The molecule has 9 heteroatoms. The van der Waals surface area contributed by atoms with Gasteiger partial charge in [0.1, 0.15) is 0 Å². The third-order valence-electron chi connectivity index (χ3n) is 6.20. The van der Waals surface area contributed by atoms with Crippen molar-refractivity contribution in [1.82, 2.24) is 14.6 Å². The van der Waals surface area contributed by atoms with E-state index >= 15 is 0 Å². The van der Waals surface area contributed by atoms with Gasteiger partial charge in [-0.25, -0.2) is 8.42 Å². The van der Waals surface area contributed by atoms with E-state index in [1.165, 1.54) is 11.2 Å². The molecule has 1 saturated heterocycles. The number of anilines is 1. The average molecular weight is 457 g/mol. The van der Waals surface area contributed by atoms with Crippen LogP contribution < -0.4 is 10.2 Å². The molecule has 2 aliphatic heterocycles. The third kappa shape index (κ3) is 4.68. The van der Waals surface area contributed by atoms with Gasteiger partial charge in [-0.3, -0.25) is 14.6 Å². The van der Waals surface area contributed by atoms with E-state index in [1.54, 1.807) is 35.5 Å². The highest BCUT2D eigenvalue weighted by atomic mass is 32.2. The van der Waals surface area contributed by atoms with Gasteiger partial charge in [-0.2, -0.15) is 4.31 Å². The number of sulfonamides is 1. The molecule has 170 valence electrons. The molecule has 4 rings (SSSR count). The molecule has 3 heterocycles. The number of nitrogens with one attached hydrogen (secondary N) is 1. The van der Waals surface area contributed by atoms with Crippen LogP contribution >= 0.6 is 0 Å². The summed E-state index contributed by atoms with van der Waals surface area (Å²) in [6.45, 7) is 3.22. The molecule has 1 fully saturated rings. The van der Waals surface area contributed by atoms with Crippen molar-refractivity contribution in [2.75, 3.05) is 24.5 Å². The highest BCUT2D eigenvalue weighted by Gasteiger charge is 2.33. The van der Waals surface area contributed by atoms with Crippen molar-refractivity contribution < 1.29 is 18.0 Å². The van der Waals surface area contributed by atoms with Gasteiger partial charge in [0.05, 0.1) is 4.90 Å². The van der Waals surface area contributed by atoms with Gasteiger partial charge in [0.2, 0.25) is 21.8 Å². The van der Waals surface area contributed by atoms with Crippen molar-refractivity contribution in [2.45, 2.75) is 44.0 Å². The number of rotatable bonds is 5. The molecule has 0 unspecified atom stereocenters. The fourth-order valence-corrected chi connectivity index (χ4v) is 5.93. The van der Waals surface area contributed by atoms with Gasteiger partial charge in [0.25, 0.3) is 0 Å². The van der Waals surface area contributed by atoms with Crippen LogP contribution in [0.1, 0.15) is 37.3 Å². The zero-order valence-corrected chi connectivity index (χ0v) is 19.0. The number of carbonyl (C=O) groups excluding carboxylic acids is 2. The molecule has 1 aromatic carbocycles. The minimum absolute atomic E-state index is 0.0366. The fourth-order valence-electron chi connectivity index (χ4n) is 4.40. The topological polar surface area (TPSA) is 99.7 Å². The molecule has 1 aromatic heterocycles. The first-order chi connectivity index (χ1) is 15.4. The molecule has 8 nitrogen and oxygen atoms in total. The van der Waals surface area contributed by atoms with E-state index in [2.05, 4.69) is 10.3 Å². The SMILES string of the molecule is CC(=O)N1CCCc2cc(S(=O)(=O)N3CCC(C(=O)NCc4cccnc4)CC3)ccc21. The van der Waals surface area contributed by atoms with E-state index in [4.69, 9.17) is 0 Å². The molecule has 2 aromatic rings. The second kappa shape index (κ2) is 9.38. The van der Waals surface area contributed by atoms with E-state index in [0.29, 0.717) is 39.0 Å². The summed E-state index contributed by atoms with van der Waals surface area (Å²) < 4.78 is 27.9. The quantitative estimate of drug-likeness (QED) is 0.743. The largest absolute Gasteiger partial charge is 0.352 e. The molecule has 0 bridgehead atoms. The monoisotopic (exact) mass is 456 g/mol. The zero-order valence-electron chi connectivity index (χ0n) is 18.2. The Balaban J connectivity index is 1.39. The van der Waals surface area contributed by atoms with Crippen LogP contribution in [0.4, 0.5) is 5.69 Å². The molecule has 1 N–H and O–H groups in total. The van der Waals surface area contributed by atoms with Gasteiger partial charge in [-0.15, -0.1) is 0 Å². The van der Waals surface area contributed by atoms with Crippen LogP contribution in [0.25, 0.3) is 0 Å². The Labute approximate surface area is 188 Å². The smallest absolute Gasteiger partial charge is 0.243 e. The predicted octanol–water partition coefficient (Wildman–Crippen LogP) is 2.10. The number of amides is 2. The summed E-state index contributed by atoms with van der Waals surface area (Å²) >= 11 is 0. The second-order valence-electron chi connectivity index (χ2n) is 8.32. The summed E-state index contributed by atoms with van der Waals surface area (Å²) in [5, 5.41) is 2.92. The maximum absolute atomic E-state index is 13.2. The first-order valence-electron chi connectivity index (χ1n) is 10.9. The van der Waals surface area contributed by atoms with E-state index in [1.807, 2.05) is 12.1 Å². The lowest BCUT2D eigenvalue weighted by Crippen LogP contribution is -2.43. The molecular formula is C23H28N4O4S. The summed E-state index contributed by atoms with van der Waals surface area (Å²) in [5.41, 5.74) is 2.61. The number of aromatic nitrogens is 1. The highest BCUT2D eigenvalue weighted by molar-refractivity contribution is 7.89. The van der Waals surface area contributed by atoms with Crippen molar-refractivity contribution >= 4 is 27.5 Å². The van der Waals surface area contributed by atoms with Gasteiger partial charge < -0.3 is 10.2 Å². The molecule has 0 aliphatic carbocycles. The van der Waals surface area contributed by atoms with Crippen molar-refractivity contribution in [2.24, 2.45) is 5.92 Å². The number of pyridine rings is 1. The van der Waals surface area contributed by atoms with Crippen LogP contribution in [0.2, 0.25) is 0 Å². The Morgan fingerprint density at radius 2 is 1.94 bits per heavy atom. The molecule has 0 atom stereocenters. The second-order valence-corrected chi connectivity index (χ2v) is 10.3. The van der Waals surface area contributed by atoms with Crippen LogP contribution in [0.3, 0.4) is 0 Å². The van der Waals surface area contributed by atoms with Gasteiger partial charge in [0.15, 0.2) is 0 Å². The average Bonchev–Trinajstić information content (AvgIpc) is 2.82. The molecular weight excluding hydrogens is 428 g/mol. The predicted molar refractivity (Wildman–Crippen MR) is 120 cm³/mol. The number of nitrogens with zero attached hydrogens (tertiary/aromatic N) is 3. The van der Waals surface area contributed by atoms with Crippen LogP contribution in [0.15, 0.2) is 47.6 Å². The molecule has 2 amide bonds. The molecule has 0 spiro atoms. The zero-order chi connectivity index (χ0) is 22.7. The van der Waals surface area contributed by atoms with E-state index in [0.717, 1.165) is 29.7 Å². The fraction of sp³-hybridized carbons (Fsp3) is 0.435. The maximum atomic E-state index is 13.2. The summed E-state index contributed by atoms with van der Waals surface area (Å²) in [4.78, 5) is 30.4. The van der Waals surface area contributed by atoms with Crippen molar-refractivity contribution in [3.8, 4) is 0 Å². The Hall–Kier alpha value is -2.78. The van der Waals surface area contributed by atoms with Gasteiger partial charge in [-0.1, -0.05) is 6.07 Å². The minimum Gasteiger partial charge on any atom is -0.352 e. The van der Waals surface area contributed by atoms with Crippen LogP contribution in [-0.4, -0.2) is 49.2 Å². The first-order valence-corrected chi connectivity index (χ1v) is 12.4. The number of benzene rings is 1. The maximum Gasteiger partial charge on any atom is 0.243 e. The van der Waals surface area contributed by atoms with E-state index in [9.17, 15) is 18.0 Å². The van der Waals surface area contributed by atoms with Crippen LogP contribution in [-0.2, 0) is 32.6 Å². The van der Waals surface area contributed by atoms with Gasteiger partial charge in [-0.05, 0) is 61.1 Å². The molecule has 0 radical (unpaired) electrons.